The van der Waals surface area contributed by atoms with Crippen molar-refractivity contribution in [3.05, 3.63) is 24.0 Å². The molecule has 1 aromatic carbocycles. The van der Waals surface area contributed by atoms with Gasteiger partial charge >= 0.3 is 0 Å². The standard InChI is InChI=1S/C22H32N4O4/c1-22(2,12-19-24-17-8-5-9-18(28)21(17)25-19)13-23-20(29)11-16(26(30)14-27)10-15-6-3-4-7-15/h5,8-9,14-16,28,30H,3-4,6-7,10-13H2,1-2H3,(H,23,29)(H,24,25). The molecule has 1 heterocycles. The number of nitrogens with one attached hydrogen (secondary N) is 2. The lowest BCUT2D eigenvalue weighted by atomic mass is 9.88. The average Bonchev–Trinajstić information content (AvgIpc) is 3.35. The molecule has 0 aliphatic heterocycles. The lowest BCUT2D eigenvalue weighted by Crippen LogP contribution is -2.41. The van der Waals surface area contributed by atoms with Crippen LogP contribution in [0.3, 0.4) is 0 Å². The van der Waals surface area contributed by atoms with Crippen LogP contribution in [-0.4, -0.2) is 50.2 Å². The second kappa shape index (κ2) is 9.47. The maximum absolute atomic E-state index is 12.5. The van der Waals surface area contributed by atoms with Crippen LogP contribution in [0.5, 0.6) is 5.75 Å². The third-order valence-electron chi connectivity index (χ3n) is 5.93. The largest absolute Gasteiger partial charge is 0.506 e. The van der Waals surface area contributed by atoms with Gasteiger partial charge in [0.15, 0.2) is 0 Å². The van der Waals surface area contributed by atoms with Crippen LogP contribution in [0.15, 0.2) is 18.2 Å². The number of carbonyl (C=O) groups excluding carboxylic acids is 2. The number of nitrogens with zero attached hydrogens (tertiary/aromatic N) is 2. The van der Waals surface area contributed by atoms with Crippen molar-refractivity contribution in [3.63, 3.8) is 0 Å². The Morgan fingerprint density at radius 3 is 2.80 bits per heavy atom. The Morgan fingerprint density at radius 1 is 1.40 bits per heavy atom. The fourth-order valence-corrected chi connectivity index (χ4v) is 4.29. The van der Waals surface area contributed by atoms with E-state index in [9.17, 15) is 19.9 Å². The van der Waals surface area contributed by atoms with Crippen molar-refractivity contribution in [2.24, 2.45) is 11.3 Å². The Balaban J connectivity index is 1.54. The van der Waals surface area contributed by atoms with E-state index >= 15 is 0 Å². The molecule has 1 saturated carbocycles. The number of fused-ring (bicyclic) bond motifs is 1. The second-order valence-electron chi connectivity index (χ2n) is 9.20. The lowest BCUT2D eigenvalue weighted by molar-refractivity contribution is -0.163. The molecule has 3 rings (SSSR count). The summed E-state index contributed by atoms with van der Waals surface area (Å²) >= 11 is 0. The predicted octanol–water partition coefficient (Wildman–Crippen LogP) is 3.14. The topological polar surface area (TPSA) is 119 Å². The van der Waals surface area contributed by atoms with Crippen molar-refractivity contribution >= 4 is 23.4 Å². The highest BCUT2D eigenvalue weighted by atomic mass is 16.5. The van der Waals surface area contributed by atoms with E-state index in [1.165, 1.54) is 12.8 Å². The summed E-state index contributed by atoms with van der Waals surface area (Å²) in [4.78, 5) is 31.2. The molecule has 30 heavy (non-hydrogen) atoms. The summed E-state index contributed by atoms with van der Waals surface area (Å²) in [7, 11) is 0. The van der Waals surface area contributed by atoms with Gasteiger partial charge in [0.2, 0.25) is 12.3 Å². The molecule has 8 heteroatoms. The SMILES string of the molecule is CC(C)(CNC(=O)CC(CC1CCCC1)N(O)C=O)Cc1nc2c(O)cccc2[nH]1. The number of aromatic nitrogens is 2. The summed E-state index contributed by atoms with van der Waals surface area (Å²) in [6.07, 6.45) is 6.22. The van der Waals surface area contributed by atoms with E-state index in [-0.39, 0.29) is 23.5 Å². The van der Waals surface area contributed by atoms with E-state index in [0.717, 1.165) is 24.2 Å². The number of phenols is 1. The minimum absolute atomic E-state index is 0.0837. The van der Waals surface area contributed by atoms with Crippen LogP contribution in [0.2, 0.25) is 0 Å². The van der Waals surface area contributed by atoms with Crippen LogP contribution in [0.4, 0.5) is 0 Å². The molecule has 164 valence electrons. The van der Waals surface area contributed by atoms with Gasteiger partial charge in [-0.3, -0.25) is 14.8 Å². The van der Waals surface area contributed by atoms with E-state index < -0.39 is 6.04 Å². The molecule has 2 aromatic rings. The molecule has 1 aromatic heterocycles. The van der Waals surface area contributed by atoms with Crippen molar-refractivity contribution in [1.29, 1.82) is 0 Å². The molecule has 0 bridgehead atoms. The molecular formula is C22H32N4O4. The van der Waals surface area contributed by atoms with Gasteiger partial charge in [0.25, 0.3) is 0 Å². The fraction of sp³-hybridized carbons (Fsp3) is 0.591. The van der Waals surface area contributed by atoms with E-state index in [1.54, 1.807) is 12.1 Å². The van der Waals surface area contributed by atoms with Gasteiger partial charge in [0.05, 0.1) is 11.6 Å². The smallest absolute Gasteiger partial charge is 0.233 e. The summed E-state index contributed by atoms with van der Waals surface area (Å²) in [5.74, 6) is 1.15. The first-order chi connectivity index (χ1) is 14.3. The molecule has 1 aliphatic rings. The van der Waals surface area contributed by atoms with E-state index in [0.29, 0.717) is 42.3 Å². The number of hydrogen-bond acceptors (Lipinski definition) is 5. The van der Waals surface area contributed by atoms with Crippen molar-refractivity contribution in [3.8, 4) is 5.75 Å². The molecule has 0 saturated heterocycles. The molecule has 4 N–H and O–H groups in total. The van der Waals surface area contributed by atoms with Crippen LogP contribution in [0.25, 0.3) is 11.0 Å². The maximum atomic E-state index is 12.5. The molecule has 1 unspecified atom stereocenters. The summed E-state index contributed by atoms with van der Waals surface area (Å²) in [5, 5.41) is 23.4. The zero-order valence-electron chi connectivity index (χ0n) is 17.7. The minimum atomic E-state index is -0.493. The number of carbonyl (C=O) groups is 2. The molecular weight excluding hydrogens is 384 g/mol. The first-order valence-electron chi connectivity index (χ1n) is 10.6. The number of imidazole rings is 1. The highest BCUT2D eigenvalue weighted by molar-refractivity contribution is 5.81. The molecule has 1 atom stereocenters. The van der Waals surface area contributed by atoms with Crippen molar-refractivity contribution < 1.29 is 19.9 Å². The lowest BCUT2D eigenvalue weighted by Gasteiger charge is -2.27. The number of aromatic hydroxyl groups is 1. The third kappa shape index (κ3) is 5.72. The van der Waals surface area contributed by atoms with Crippen LogP contribution in [0, 0.1) is 11.3 Å². The zero-order chi connectivity index (χ0) is 21.7. The van der Waals surface area contributed by atoms with Crippen LogP contribution < -0.4 is 5.32 Å². The Bertz CT molecular complexity index is 873. The van der Waals surface area contributed by atoms with Gasteiger partial charge in [-0.15, -0.1) is 0 Å². The van der Waals surface area contributed by atoms with E-state index in [2.05, 4.69) is 15.3 Å². The maximum Gasteiger partial charge on any atom is 0.233 e. The molecule has 1 fully saturated rings. The summed E-state index contributed by atoms with van der Waals surface area (Å²) in [6, 6.07) is 4.73. The quantitative estimate of drug-likeness (QED) is 0.270. The normalized spacial score (nSPS) is 16.0. The van der Waals surface area contributed by atoms with Gasteiger partial charge in [-0.1, -0.05) is 45.6 Å². The monoisotopic (exact) mass is 416 g/mol. The predicted molar refractivity (Wildman–Crippen MR) is 113 cm³/mol. The molecule has 1 aliphatic carbocycles. The number of phenolic OH excluding ortho intramolecular Hbond substituents is 1. The number of para-hydroxylation sites is 1. The number of hydroxylamine groups is 2. The Kier molecular flexibility index (Phi) is 6.97. The molecule has 0 spiro atoms. The van der Waals surface area contributed by atoms with Crippen LogP contribution in [0.1, 0.15) is 58.2 Å². The van der Waals surface area contributed by atoms with Gasteiger partial charge < -0.3 is 15.4 Å². The van der Waals surface area contributed by atoms with Gasteiger partial charge in [0.1, 0.15) is 17.1 Å². The summed E-state index contributed by atoms with van der Waals surface area (Å²) < 4.78 is 0. The number of aromatic amines is 1. The van der Waals surface area contributed by atoms with Crippen molar-refractivity contribution in [2.75, 3.05) is 6.54 Å². The number of H-pyrrole nitrogens is 1. The second-order valence-corrected chi connectivity index (χ2v) is 9.20. The average molecular weight is 417 g/mol. The Hall–Kier alpha value is -2.61. The van der Waals surface area contributed by atoms with Gasteiger partial charge in [-0.05, 0) is 29.9 Å². The van der Waals surface area contributed by atoms with Gasteiger partial charge in [-0.2, -0.15) is 0 Å². The van der Waals surface area contributed by atoms with Crippen LogP contribution >= 0.6 is 0 Å². The first kappa shape index (κ1) is 22.1. The number of hydrogen-bond donors (Lipinski definition) is 4. The third-order valence-corrected chi connectivity index (χ3v) is 5.93. The summed E-state index contributed by atoms with van der Waals surface area (Å²) in [6.45, 7) is 4.48. The highest BCUT2D eigenvalue weighted by Crippen LogP contribution is 2.30. The Morgan fingerprint density at radius 2 is 2.13 bits per heavy atom. The van der Waals surface area contributed by atoms with Crippen LogP contribution in [-0.2, 0) is 16.0 Å². The van der Waals surface area contributed by atoms with E-state index in [4.69, 9.17) is 0 Å². The summed E-state index contributed by atoms with van der Waals surface area (Å²) in [5.41, 5.74) is 1.04. The first-order valence-corrected chi connectivity index (χ1v) is 10.6. The van der Waals surface area contributed by atoms with E-state index in [1.807, 2.05) is 19.9 Å². The van der Waals surface area contributed by atoms with Gasteiger partial charge in [0, 0.05) is 19.4 Å². The number of amides is 2. The fourth-order valence-electron chi connectivity index (χ4n) is 4.29. The van der Waals surface area contributed by atoms with Crippen molar-refractivity contribution in [2.45, 2.75) is 64.8 Å². The van der Waals surface area contributed by atoms with Crippen molar-refractivity contribution in [1.82, 2.24) is 20.3 Å². The van der Waals surface area contributed by atoms with Gasteiger partial charge in [-0.25, -0.2) is 10.0 Å². The minimum Gasteiger partial charge on any atom is -0.506 e. The molecule has 0 radical (unpaired) electrons. The number of rotatable bonds is 10. The number of benzene rings is 1. The Labute approximate surface area is 176 Å². The highest BCUT2D eigenvalue weighted by Gasteiger charge is 2.27. The zero-order valence-corrected chi connectivity index (χ0v) is 17.7. The molecule has 2 amide bonds. The molecule has 8 nitrogen and oxygen atoms in total.